The first-order valence-electron chi connectivity index (χ1n) is 11.3. The van der Waals surface area contributed by atoms with Crippen molar-refractivity contribution in [3.63, 3.8) is 0 Å². The molecule has 3 aromatic rings. The lowest BCUT2D eigenvalue weighted by Gasteiger charge is -2.29. The number of hydrogen-bond acceptors (Lipinski definition) is 5. The molecule has 172 valence electrons. The van der Waals surface area contributed by atoms with Crippen molar-refractivity contribution in [2.45, 2.75) is 58.7 Å². The van der Waals surface area contributed by atoms with Gasteiger partial charge in [0.05, 0.1) is 5.57 Å². The SMILES string of the molecule is CCSc1nc2n(n1)C(c1ccc(C(C)C)cc1)C(C(=O)Nc1cccc(C)c1C)=C(C)N2. The van der Waals surface area contributed by atoms with Gasteiger partial charge in [-0.05, 0) is 60.8 Å². The third-order valence-corrected chi connectivity index (χ3v) is 6.84. The van der Waals surface area contributed by atoms with E-state index < -0.39 is 0 Å². The van der Waals surface area contributed by atoms with Gasteiger partial charge in [-0.3, -0.25) is 4.79 Å². The molecule has 1 atom stereocenters. The molecule has 4 rings (SSSR count). The molecule has 1 amide bonds. The number of aromatic nitrogens is 3. The largest absolute Gasteiger partial charge is 0.328 e. The number of fused-ring (bicyclic) bond motifs is 1. The second-order valence-corrected chi connectivity index (χ2v) is 9.92. The van der Waals surface area contributed by atoms with E-state index in [1.54, 1.807) is 11.8 Å². The van der Waals surface area contributed by atoms with Crippen LogP contribution in [0.1, 0.15) is 61.9 Å². The van der Waals surface area contributed by atoms with Gasteiger partial charge in [-0.15, -0.1) is 5.10 Å². The number of nitrogens with zero attached hydrogens (tertiary/aromatic N) is 3. The molecule has 0 bridgehead atoms. The lowest BCUT2D eigenvalue weighted by molar-refractivity contribution is -0.113. The number of nitrogens with one attached hydrogen (secondary N) is 2. The number of carbonyl (C=O) groups excluding carboxylic acids is 1. The minimum Gasteiger partial charge on any atom is -0.328 e. The van der Waals surface area contributed by atoms with Crippen molar-refractivity contribution in [1.29, 1.82) is 0 Å². The minimum absolute atomic E-state index is 0.141. The number of carbonyl (C=O) groups is 1. The highest BCUT2D eigenvalue weighted by Gasteiger charge is 2.34. The van der Waals surface area contributed by atoms with Crippen LogP contribution in [0.15, 0.2) is 58.9 Å². The lowest BCUT2D eigenvalue weighted by atomic mass is 9.92. The van der Waals surface area contributed by atoms with Gasteiger partial charge in [-0.25, -0.2) is 4.68 Å². The molecule has 33 heavy (non-hydrogen) atoms. The average molecular weight is 462 g/mol. The first-order chi connectivity index (χ1) is 15.8. The highest BCUT2D eigenvalue weighted by molar-refractivity contribution is 7.99. The van der Waals surface area contributed by atoms with E-state index in [-0.39, 0.29) is 11.9 Å². The van der Waals surface area contributed by atoms with E-state index in [2.05, 4.69) is 60.7 Å². The Morgan fingerprint density at radius 1 is 1.15 bits per heavy atom. The van der Waals surface area contributed by atoms with Crippen molar-refractivity contribution < 1.29 is 4.79 Å². The summed E-state index contributed by atoms with van der Waals surface area (Å²) >= 11 is 1.59. The minimum atomic E-state index is -0.369. The van der Waals surface area contributed by atoms with Crippen LogP contribution in [-0.4, -0.2) is 26.4 Å². The Bertz CT molecular complexity index is 1210. The van der Waals surface area contributed by atoms with Gasteiger partial charge in [-0.2, -0.15) is 4.98 Å². The highest BCUT2D eigenvalue weighted by atomic mass is 32.2. The lowest BCUT2D eigenvalue weighted by Crippen LogP contribution is -2.31. The monoisotopic (exact) mass is 461 g/mol. The fourth-order valence-electron chi connectivity index (χ4n) is 4.06. The Hall–Kier alpha value is -3.06. The number of hydrogen-bond donors (Lipinski definition) is 2. The molecule has 1 unspecified atom stereocenters. The first-order valence-corrected chi connectivity index (χ1v) is 12.3. The molecule has 2 N–H and O–H groups in total. The third kappa shape index (κ3) is 4.55. The molecular formula is C26H31N5OS. The van der Waals surface area contributed by atoms with Crippen molar-refractivity contribution in [2.24, 2.45) is 0 Å². The normalized spacial score (nSPS) is 15.4. The molecule has 7 heteroatoms. The molecule has 2 aromatic carbocycles. The maximum absolute atomic E-state index is 13.7. The van der Waals surface area contributed by atoms with Crippen molar-refractivity contribution >= 4 is 29.3 Å². The van der Waals surface area contributed by atoms with Crippen LogP contribution in [-0.2, 0) is 4.79 Å². The van der Waals surface area contributed by atoms with E-state index in [0.717, 1.165) is 33.8 Å². The topological polar surface area (TPSA) is 71.8 Å². The Morgan fingerprint density at radius 2 is 1.88 bits per heavy atom. The summed E-state index contributed by atoms with van der Waals surface area (Å²) in [4.78, 5) is 18.3. The van der Waals surface area contributed by atoms with Gasteiger partial charge in [0.25, 0.3) is 5.91 Å². The molecular weight excluding hydrogens is 430 g/mol. The van der Waals surface area contributed by atoms with E-state index in [0.29, 0.717) is 22.6 Å². The molecule has 1 aromatic heterocycles. The van der Waals surface area contributed by atoms with E-state index in [1.165, 1.54) is 5.56 Å². The zero-order valence-electron chi connectivity index (χ0n) is 20.1. The highest BCUT2D eigenvalue weighted by Crippen LogP contribution is 2.37. The zero-order chi connectivity index (χ0) is 23.7. The van der Waals surface area contributed by atoms with Gasteiger partial charge >= 0.3 is 0 Å². The summed E-state index contributed by atoms with van der Waals surface area (Å²) < 4.78 is 1.84. The summed E-state index contributed by atoms with van der Waals surface area (Å²) in [6, 6.07) is 14.0. The molecule has 1 aliphatic heterocycles. The fourth-order valence-corrected chi connectivity index (χ4v) is 4.62. The smallest absolute Gasteiger partial charge is 0.255 e. The number of amides is 1. The summed E-state index contributed by atoms with van der Waals surface area (Å²) in [5.74, 6) is 1.83. The Labute approximate surface area is 199 Å². The zero-order valence-corrected chi connectivity index (χ0v) is 20.9. The van der Waals surface area contributed by atoms with Crippen molar-refractivity contribution in [3.8, 4) is 0 Å². The Morgan fingerprint density at radius 3 is 2.55 bits per heavy atom. The number of aryl methyl sites for hydroxylation is 1. The Balaban J connectivity index is 1.78. The van der Waals surface area contributed by atoms with E-state index in [1.807, 2.05) is 43.7 Å². The third-order valence-electron chi connectivity index (χ3n) is 6.12. The number of rotatable bonds is 6. The first kappa shape index (κ1) is 23.1. The quantitative estimate of drug-likeness (QED) is 0.437. The molecule has 1 aliphatic rings. The van der Waals surface area contributed by atoms with Gasteiger partial charge in [-0.1, -0.05) is 68.9 Å². The van der Waals surface area contributed by atoms with Crippen LogP contribution < -0.4 is 10.6 Å². The molecule has 0 fully saturated rings. The van der Waals surface area contributed by atoms with Crippen LogP contribution >= 0.6 is 11.8 Å². The van der Waals surface area contributed by atoms with Crippen LogP contribution in [0.25, 0.3) is 0 Å². The molecule has 0 radical (unpaired) electrons. The van der Waals surface area contributed by atoms with Gasteiger partial charge in [0, 0.05) is 11.4 Å². The average Bonchev–Trinajstić information content (AvgIpc) is 3.18. The number of benzene rings is 2. The van der Waals surface area contributed by atoms with E-state index in [9.17, 15) is 4.79 Å². The summed E-state index contributed by atoms with van der Waals surface area (Å²) in [5.41, 5.74) is 6.71. The van der Waals surface area contributed by atoms with Gasteiger partial charge in [0.1, 0.15) is 6.04 Å². The number of anilines is 2. The van der Waals surface area contributed by atoms with Crippen LogP contribution in [0, 0.1) is 13.8 Å². The van der Waals surface area contributed by atoms with Gasteiger partial charge in [0.2, 0.25) is 11.1 Å². The molecule has 2 heterocycles. The Kier molecular flexibility index (Phi) is 6.61. The molecule has 0 saturated carbocycles. The predicted octanol–water partition coefficient (Wildman–Crippen LogP) is 6.06. The van der Waals surface area contributed by atoms with Crippen LogP contribution in [0.4, 0.5) is 11.6 Å². The van der Waals surface area contributed by atoms with Gasteiger partial charge in [0.15, 0.2) is 0 Å². The van der Waals surface area contributed by atoms with Crippen LogP contribution in [0.5, 0.6) is 0 Å². The summed E-state index contributed by atoms with van der Waals surface area (Å²) in [5, 5.41) is 11.9. The van der Waals surface area contributed by atoms with Crippen LogP contribution in [0.3, 0.4) is 0 Å². The summed E-state index contributed by atoms with van der Waals surface area (Å²) in [7, 11) is 0. The second-order valence-electron chi connectivity index (χ2n) is 8.68. The standard InChI is InChI=1S/C26H31N5OS/c1-7-33-26-29-25-27-18(6)22(24(32)28-21-10-8-9-16(4)17(21)5)23(31(25)30-26)20-13-11-19(12-14-20)15(2)3/h8-15,23H,7H2,1-6H3,(H,28,32)(H,27,29,30). The van der Waals surface area contributed by atoms with Crippen molar-refractivity contribution in [3.05, 3.63) is 76.0 Å². The predicted molar refractivity (Wildman–Crippen MR) is 136 cm³/mol. The van der Waals surface area contributed by atoms with Gasteiger partial charge < -0.3 is 10.6 Å². The fraction of sp³-hybridized carbons (Fsp3) is 0.346. The maximum atomic E-state index is 13.7. The summed E-state index contributed by atoms with van der Waals surface area (Å²) in [6.07, 6.45) is 0. The molecule has 6 nitrogen and oxygen atoms in total. The molecule has 0 aliphatic carbocycles. The van der Waals surface area contributed by atoms with E-state index in [4.69, 9.17) is 5.10 Å². The molecule has 0 saturated heterocycles. The second kappa shape index (κ2) is 9.43. The number of allylic oxidation sites excluding steroid dienone is 1. The maximum Gasteiger partial charge on any atom is 0.255 e. The van der Waals surface area contributed by atoms with Crippen molar-refractivity contribution in [2.75, 3.05) is 16.4 Å². The summed E-state index contributed by atoms with van der Waals surface area (Å²) in [6.45, 7) is 12.4. The van der Waals surface area contributed by atoms with Crippen molar-refractivity contribution in [1.82, 2.24) is 14.8 Å². The number of thioether (sulfide) groups is 1. The molecule has 0 spiro atoms. The van der Waals surface area contributed by atoms with E-state index >= 15 is 0 Å². The van der Waals surface area contributed by atoms with Crippen LogP contribution in [0.2, 0.25) is 0 Å².